The number of benzene rings is 2. The van der Waals surface area contributed by atoms with Gasteiger partial charge in [-0.1, -0.05) is 30.3 Å². The highest BCUT2D eigenvalue weighted by Crippen LogP contribution is 2.24. The number of nitrogens with one attached hydrogen (secondary N) is 1. The molecule has 2 heterocycles. The topological polar surface area (TPSA) is 45.2 Å². The van der Waals surface area contributed by atoms with Gasteiger partial charge in [0, 0.05) is 30.5 Å². The fourth-order valence-corrected chi connectivity index (χ4v) is 3.43. The molecule has 0 bridgehead atoms. The summed E-state index contributed by atoms with van der Waals surface area (Å²) in [7, 11) is 0. The number of carbonyl (C=O) groups is 1. The molecule has 0 atom stereocenters. The second-order valence-electron chi connectivity index (χ2n) is 6.85. The number of rotatable bonds is 4. The van der Waals surface area contributed by atoms with E-state index in [2.05, 4.69) is 10.3 Å². The van der Waals surface area contributed by atoms with Crippen molar-refractivity contribution in [3.05, 3.63) is 78.5 Å². The predicted molar refractivity (Wildman–Crippen MR) is 109 cm³/mol. The van der Waals surface area contributed by atoms with Crippen LogP contribution in [0.15, 0.2) is 72.9 Å². The van der Waals surface area contributed by atoms with E-state index in [4.69, 9.17) is 0 Å². The zero-order valence-electron chi connectivity index (χ0n) is 15.3. The van der Waals surface area contributed by atoms with Gasteiger partial charge in [-0.15, -0.1) is 0 Å². The third-order valence-corrected chi connectivity index (χ3v) is 4.91. The second kappa shape index (κ2) is 8.04. The van der Waals surface area contributed by atoms with Crippen LogP contribution in [0.3, 0.4) is 0 Å². The molecule has 1 aliphatic rings. The van der Waals surface area contributed by atoms with E-state index in [1.807, 2.05) is 71.6 Å². The van der Waals surface area contributed by atoms with E-state index in [0.29, 0.717) is 0 Å². The molecule has 4 heteroatoms. The van der Waals surface area contributed by atoms with E-state index >= 15 is 0 Å². The third kappa shape index (κ3) is 4.17. The number of hydrogen-bond donors (Lipinski definition) is 1. The molecule has 27 heavy (non-hydrogen) atoms. The van der Waals surface area contributed by atoms with Crippen molar-refractivity contribution in [1.29, 1.82) is 0 Å². The number of piperidine rings is 1. The van der Waals surface area contributed by atoms with Crippen molar-refractivity contribution < 1.29 is 4.79 Å². The summed E-state index contributed by atoms with van der Waals surface area (Å²) in [6.45, 7) is 1.75. The first-order valence-electron chi connectivity index (χ1n) is 9.47. The Hall–Kier alpha value is -3.14. The first-order chi connectivity index (χ1) is 13.3. The maximum atomic E-state index is 12.6. The average molecular weight is 357 g/mol. The minimum Gasteiger partial charge on any atom is -0.340 e. The predicted octanol–water partition coefficient (Wildman–Crippen LogP) is 5.12. The van der Waals surface area contributed by atoms with Gasteiger partial charge < -0.3 is 10.2 Å². The minimum absolute atomic E-state index is 0.141. The maximum absolute atomic E-state index is 12.6. The van der Waals surface area contributed by atoms with Crippen molar-refractivity contribution in [3.8, 4) is 11.1 Å². The van der Waals surface area contributed by atoms with Gasteiger partial charge in [-0.05, 0) is 66.8 Å². The third-order valence-electron chi connectivity index (χ3n) is 4.91. The summed E-state index contributed by atoms with van der Waals surface area (Å²) in [6.07, 6.45) is 5.24. The zero-order valence-corrected chi connectivity index (χ0v) is 15.3. The number of carbonyl (C=O) groups excluding carboxylic acids is 1. The minimum atomic E-state index is 0.141. The molecule has 1 saturated heterocycles. The van der Waals surface area contributed by atoms with Crippen LogP contribution in [-0.4, -0.2) is 28.9 Å². The van der Waals surface area contributed by atoms with Gasteiger partial charge in [-0.2, -0.15) is 0 Å². The second-order valence-corrected chi connectivity index (χ2v) is 6.85. The molecule has 4 nitrogen and oxygen atoms in total. The SMILES string of the molecule is O=C(c1ccc(-c2ccnc(Nc3ccccc3)c2)cc1)N1CCCCC1. The van der Waals surface area contributed by atoms with Gasteiger partial charge in [-0.25, -0.2) is 4.98 Å². The lowest BCUT2D eigenvalue weighted by molar-refractivity contribution is 0.0724. The molecular formula is C23H23N3O. The Kier molecular flexibility index (Phi) is 5.15. The van der Waals surface area contributed by atoms with Gasteiger partial charge in [-0.3, -0.25) is 4.79 Å². The number of anilines is 2. The maximum Gasteiger partial charge on any atom is 0.253 e. The van der Waals surface area contributed by atoms with Crippen LogP contribution in [0.25, 0.3) is 11.1 Å². The van der Waals surface area contributed by atoms with E-state index in [1.165, 1.54) is 6.42 Å². The molecule has 0 saturated carbocycles. The van der Waals surface area contributed by atoms with E-state index in [-0.39, 0.29) is 5.91 Å². The fourth-order valence-electron chi connectivity index (χ4n) is 3.43. The summed E-state index contributed by atoms with van der Waals surface area (Å²) in [5.74, 6) is 0.939. The molecule has 0 aliphatic carbocycles. The highest BCUT2D eigenvalue weighted by atomic mass is 16.2. The smallest absolute Gasteiger partial charge is 0.253 e. The number of amides is 1. The van der Waals surface area contributed by atoms with Gasteiger partial charge in [0.15, 0.2) is 0 Å². The van der Waals surface area contributed by atoms with Gasteiger partial charge in [0.1, 0.15) is 5.82 Å². The van der Waals surface area contributed by atoms with E-state index in [9.17, 15) is 4.79 Å². The van der Waals surface area contributed by atoms with Crippen LogP contribution in [0.1, 0.15) is 29.6 Å². The summed E-state index contributed by atoms with van der Waals surface area (Å²) in [5, 5.41) is 3.31. The molecule has 4 rings (SSSR count). The lowest BCUT2D eigenvalue weighted by Gasteiger charge is -2.26. The Balaban J connectivity index is 1.50. The number of likely N-dealkylation sites (tertiary alicyclic amines) is 1. The molecule has 0 spiro atoms. The van der Waals surface area contributed by atoms with Gasteiger partial charge in [0.05, 0.1) is 0 Å². The lowest BCUT2D eigenvalue weighted by Crippen LogP contribution is -2.35. The molecule has 136 valence electrons. The number of para-hydroxylation sites is 1. The molecule has 1 amide bonds. The summed E-state index contributed by atoms with van der Waals surface area (Å²) in [4.78, 5) is 19.0. The number of pyridine rings is 1. The van der Waals surface area contributed by atoms with Crippen molar-refractivity contribution in [2.24, 2.45) is 0 Å². The van der Waals surface area contributed by atoms with Crippen LogP contribution in [0, 0.1) is 0 Å². The Morgan fingerprint density at radius 1 is 0.852 bits per heavy atom. The molecule has 3 aromatic rings. The number of aromatic nitrogens is 1. The van der Waals surface area contributed by atoms with Crippen LogP contribution < -0.4 is 5.32 Å². The standard InChI is InChI=1S/C23H23N3O/c27-23(26-15-5-2-6-16-26)19-11-9-18(10-12-19)20-13-14-24-22(17-20)25-21-7-3-1-4-8-21/h1,3-4,7-14,17H,2,5-6,15-16H2,(H,24,25). The first-order valence-corrected chi connectivity index (χ1v) is 9.47. The molecule has 0 radical (unpaired) electrons. The summed E-state index contributed by atoms with van der Waals surface area (Å²) < 4.78 is 0. The van der Waals surface area contributed by atoms with Crippen LogP contribution in [-0.2, 0) is 0 Å². The van der Waals surface area contributed by atoms with Crippen LogP contribution in [0.4, 0.5) is 11.5 Å². The van der Waals surface area contributed by atoms with Gasteiger partial charge in [0.2, 0.25) is 0 Å². The van der Waals surface area contributed by atoms with Crippen molar-refractivity contribution in [2.45, 2.75) is 19.3 Å². The Morgan fingerprint density at radius 3 is 2.33 bits per heavy atom. The molecule has 0 unspecified atom stereocenters. The quantitative estimate of drug-likeness (QED) is 0.705. The van der Waals surface area contributed by atoms with Crippen LogP contribution >= 0.6 is 0 Å². The highest BCUT2D eigenvalue weighted by molar-refractivity contribution is 5.94. The Labute approximate surface area is 159 Å². The molecule has 1 fully saturated rings. The Bertz CT molecular complexity index is 900. The average Bonchev–Trinajstić information content (AvgIpc) is 2.75. The lowest BCUT2D eigenvalue weighted by atomic mass is 10.0. The van der Waals surface area contributed by atoms with Gasteiger partial charge >= 0.3 is 0 Å². The van der Waals surface area contributed by atoms with Crippen molar-refractivity contribution >= 4 is 17.4 Å². The molecule has 1 aromatic heterocycles. The fraction of sp³-hybridized carbons (Fsp3) is 0.217. The van der Waals surface area contributed by atoms with Crippen LogP contribution in [0.2, 0.25) is 0 Å². The largest absolute Gasteiger partial charge is 0.340 e. The van der Waals surface area contributed by atoms with Crippen molar-refractivity contribution in [3.63, 3.8) is 0 Å². The highest BCUT2D eigenvalue weighted by Gasteiger charge is 2.17. The number of nitrogens with zero attached hydrogens (tertiary/aromatic N) is 2. The molecule has 1 N–H and O–H groups in total. The summed E-state index contributed by atoms with van der Waals surface area (Å²) in [5.41, 5.74) is 3.91. The summed E-state index contributed by atoms with van der Waals surface area (Å²) in [6, 6.07) is 21.9. The molecular weight excluding hydrogens is 334 g/mol. The van der Waals surface area contributed by atoms with E-state index < -0.39 is 0 Å². The van der Waals surface area contributed by atoms with Crippen molar-refractivity contribution in [2.75, 3.05) is 18.4 Å². The Morgan fingerprint density at radius 2 is 1.59 bits per heavy atom. The zero-order chi connectivity index (χ0) is 18.5. The normalized spacial score (nSPS) is 14.0. The van der Waals surface area contributed by atoms with Gasteiger partial charge in [0.25, 0.3) is 5.91 Å². The monoisotopic (exact) mass is 357 g/mol. The summed E-state index contributed by atoms with van der Waals surface area (Å²) >= 11 is 0. The number of hydrogen-bond acceptors (Lipinski definition) is 3. The van der Waals surface area contributed by atoms with Crippen molar-refractivity contribution in [1.82, 2.24) is 9.88 Å². The first kappa shape index (κ1) is 17.3. The van der Waals surface area contributed by atoms with E-state index in [0.717, 1.165) is 54.1 Å². The molecule has 1 aliphatic heterocycles. The van der Waals surface area contributed by atoms with Crippen LogP contribution in [0.5, 0.6) is 0 Å². The van der Waals surface area contributed by atoms with E-state index in [1.54, 1.807) is 6.20 Å². The molecule has 2 aromatic carbocycles.